The van der Waals surface area contributed by atoms with Gasteiger partial charge in [0.1, 0.15) is 5.76 Å². The molecule has 0 aliphatic carbocycles. The van der Waals surface area contributed by atoms with E-state index in [0.717, 1.165) is 0 Å². The second-order valence-electron chi connectivity index (χ2n) is 2.21. The van der Waals surface area contributed by atoms with Gasteiger partial charge in [0.05, 0.1) is 7.11 Å². The van der Waals surface area contributed by atoms with Gasteiger partial charge >= 0.3 is 5.97 Å². The number of hydrogen-bond donors (Lipinski definition) is 0. The maximum atomic E-state index is 10.6. The van der Waals surface area contributed by atoms with Crippen molar-refractivity contribution in [3.05, 3.63) is 29.7 Å². The highest BCUT2D eigenvalue weighted by molar-refractivity contribution is 5.86. The van der Waals surface area contributed by atoms with Gasteiger partial charge in [0.15, 0.2) is 12.0 Å². The Balaban J connectivity index is 2.68. The standard InChI is InChI=1S/C9H8O4/c1-12-9(11)5-4-7-2-3-8(6-10)13-7/h2-6H,1H3/b5-4-. The summed E-state index contributed by atoms with van der Waals surface area (Å²) >= 11 is 0. The number of esters is 1. The third kappa shape index (κ3) is 2.59. The van der Waals surface area contributed by atoms with Crippen molar-refractivity contribution in [3.8, 4) is 0 Å². The maximum Gasteiger partial charge on any atom is 0.330 e. The van der Waals surface area contributed by atoms with Gasteiger partial charge in [0.2, 0.25) is 0 Å². The van der Waals surface area contributed by atoms with Gasteiger partial charge in [-0.05, 0) is 18.2 Å². The molecule has 4 nitrogen and oxygen atoms in total. The van der Waals surface area contributed by atoms with E-state index >= 15 is 0 Å². The molecule has 68 valence electrons. The summed E-state index contributed by atoms with van der Waals surface area (Å²) in [5, 5.41) is 0. The van der Waals surface area contributed by atoms with Gasteiger partial charge in [-0.15, -0.1) is 0 Å². The molecule has 0 bridgehead atoms. The molecule has 4 heteroatoms. The Labute approximate surface area is 74.8 Å². The van der Waals surface area contributed by atoms with Crippen molar-refractivity contribution < 1.29 is 18.7 Å². The molecule has 0 aromatic carbocycles. The Morgan fingerprint density at radius 3 is 2.69 bits per heavy atom. The SMILES string of the molecule is COC(=O)/C=C\c1ccc(C=O)o1. The largest absolute Gasteiger partial charge is 0.466 e. The molecule has 0 aliphatic heterocycles. The predicted molar refractivity (Wildman–Crippen MR) is 45.1 cm³/mol. The first-order chi connectivity index (χ1) is 6.26. The summed E-state index contributed by atoms with van der Waals surface area (Å²) in [5.74, 6) is 0.195. The molecule has 13 heavy (non-hydrogen) atoms. The van der Waals surface area contributed by atoms with Crippen LogP contribution in [0.4, 0.5) is 0 Å². The zero-order chi connectivity index (χ0) is 9.68. The predicted octanol–water partition coefficient (Wildman–Crippen LogP) is 1.28. The first-order valence-electron chi connectivity index (χ1n) is 3.57. The number of furan rings is 1. The number of hydrogen-bond acceptors (Lipinski definition) is 4. The van der Waals surface area contributed by atoms with E-state index in [-0.39, 0.29) is 5.76 Å². The van der Waals surface area contributed by atoms with Crippen molar-refractivity contribution >= 4 is 18.3 Å². The van der Waals surface area contributed by atoms with E-state index in [0.29, 0.717) is 12.0 Å². The summed E-state index contributed by atoms with van der Waals surface area (Å²) in [5.41, 5.74) is 0. The fraction of sp³-hybridized carbons (Fsp3) is 0.111. The molecule has 0 saturated heterocycles. The first kappa shape index (κ1) is 9.25. The molecule has 1 rings (SSSR count). The molecule has 0 unspecified atom stereocenters. The highest BCUT2D eigenvalue weighted by atomic mass is 16.5. The Morgan fingerprint density at radius 1 is 1.46 bits per heavy atom. The molecule has 0 aliphatic rings. The minimum atomic E-state index is -0.468. The summed E-state index contributed by atoms with van der Waals surface area (Å²) in [6.45, 7) is 0. The lowest BCUT2D eigenvalue weighted by molar-refractivity contribution is -0.134. The third-order valence-electron chi connectivity index (χ3n) is 1.35. The molecule has 0 atom stereocenters. The lowest BCUT2D eigenvalue weighted by atomic mass is 10.4. The lowest BCUT2D eigenvalue weighted by Crippen LogP contribution is -1.92. The van der Waals surface area contributed by atoms with Crippen LogP contribution in [0.5, 0.6) is 0 Å². The van der Waals surface area contributed by atoms with Gasteiger partial charge in [-0.2, -0.15) is 0 Å². The molecule has 1 heterocycles. The Bertz CT molecular complexity index is 335. The fourth-order valence-corrected chi connectivity index (χ4v) is 0.740. The molecule has 0 amide bonds. The Kier molecular flexibility index (Phi) is 3.03. The van der Waals surface area contributed by atoms with Gasteiger partial charge in [-0.3, -0.25) is 4.79 Å². The quantitative estimate of drug-likeness (QED) is 0.399. The number of aldehydes is 1. The van der Waals surface area contributed by atoms with E-state index in [4.69, 9.17) is 4.42 Å². The van der Waals surface area contributed by atoms with Gasteiger partial charge in [0.25, 0.3) is 0 Å². The topological polar surface area (TPSA) is 56.5 Å². The minimum Gasteiger partial charge on any atom is -0.466 e. The second-order valence-corrected chi connectivity index (χ2v) is 2.21. The van der Waals surface area contributed by atoms with Crippen LogP contribution in [-0.2, 0) is 9.53 Å². The van der Waals surface area contributed by atoms with Crippen LogP contribution in [0.25, 0.3) is 6.08 Å². The van der Waals surface area contributed by atoms with Crippen molar-refractivity contribution in [1.29, 1.82) is 0 Å². The Hall–Kier alpha value is -1.84. The van der Waals surface area contributed by atoms with E-state index in [1.54, 1.807) is 6.07 Å². The molecule has 0 N–H and O–H groups in total. The monoisotopic (exact) mass is 180 g/mol. The van der Waals surface area contributed by atoms with E-state index in [1.807, 2.05) is 0 Å². The molecular formula is C9H8O4. The molecular weight excluding hydrogens is 172 g/mol. The smallest absolute Gasteiger partial charge is 0.330 e. The number of ether oxygens (including phenoxy) is 1. The third-order valence-corrected chi connectivity index (χ3v) is 1.35. The summed E-state index contributed by atoms with van der Waals surface area (Å²) in [7, 11) is 1.28. The van der Waals surface area contributed by atoms with Crippen LogP contribution in [-0.4, -0.2) is 19.4 Å². The van der Waals surface area contributed by atoms with Crippen molar-refractivity contribution in [1.82, 2.24) is 0 Å². The maximum absolute atomic E-state index is 10.6. The zero-order valence-electron chi connectivity index (χ0n) is 7.02. The van der Waals surface area contributed by atoms with Crippen molar-refractivity contribution in [2.75, 3.05) is 7.11 Å². The van der Waals surface area contributed by atoms with Crippen molar-refractivity contribution in [2.45, 2.75) is 0 Å². The van der Waals surface area contributed by atoms with Crippen LogP contribution in [0.1, 0.15) is 16.3 Å². The average Bonchev–Trinajstić information content (AvgIpc) is 2.61. The number of carbonyl (C=O) groups excluding carboxylic acids is 2. The van der Waals surface area contributed by atoms with Crippen LogP contribution in [0, 0.1) is 0 Å². The summed E-state index contributed by atoms with van der Waals surface area (Å²) in [6.07, 6.45) is 3.24. The summed E-state index contributed by atoms with van der Waals surface area (Å²) in [4.78, 5) is 20.8. The fourth-order valence-electron chi connectivity index (χ4n) is 0.740. The molecule has 0 spiro atoms. The highest BCUT2D eigenvalue weighted by Gasteiger charge is 1.97. The normalized spacial score (nSPS) is 10.2. The van der Waals surface area contributed by atoms with E-state index in [1.165, 1.54) is 25.3 Å². The van der Waals surface area contributed by atoms with Gasteiger partial charge in [-0.1, -0.05) is 0 Å². The number of carbonyl (C=O) groups is 2. The number of methoxy groups -OCH3 is 1. The van der Waals surface area contributed by atoms with Crippen LogP contribution in [0.2, 0.25) is 0 Å². The molecule has 1 aromatic heterocycles. The van der Waals surface area contributed by atoms with E-state index in [9.17, 15) is 9.59 Å². The minimum absolute atomic E-state index is 0.226. The lowest BCUT2D eigenvalue weighted by Gasteiger charge is -1.87. The molecule has 0 saturated carbocycles. The summed E-state index contributed by atoms with van der Waals surface area (Å²) in [6, 6.07) is 3.10. The van der Waals surface area contributed by atoms with Crippen LogP contribution < -0.4 is 0 Å². The molecule has 0 radical (unpaired) electrons. The average molecular weight is 180 g/mol. The van der Waals surface area contributed by atoms with Gasteiger partial charge in [0, 0.05) is 6.08 Å². The molecule has 1 aromatic rings. The van der Waals surface area contributed by atoms with Crippen LogP contribution in [0.3, 0.4) is 0 Å². The van der Waals surface area contributed by atoms with Crippen LogP contribution >= 0.6 is 0 Å². The summed E-state index contributed by atoms with van der Waals surface area (Å²) < 4.78 is 9.33. The number of rotatable bonds is 3. The second kappa shape index (κ2) is 4.25. The first-order valence-corrected chi connectivity index (χ1v) is 3.57. The van der Waals surface area contributed by atoms with Crippen molar-refractivity contribution in [2.24, 2.45) is 0 Å². The zero-order valence-corrected chi connectivity index (χ0v) is 7.02. The van der Waals surface area contributed by atoms with E-state index < -0.39 is 5.97 Å². The van der Waals surface area contributed by atoms with Gasteiger partial charge < -0.3 is 9.15 Å². The van der Waals surface area contributed by atoms with Crippen LogP contribution in [0.15, 0.2) is 22.6 Å². The van der Waals surface area contributed by atoms with Gasteiger partial charge in [-0.25, -0.2) is 4.79 Å². The Morgan fingerprint density at radius 2 is 2.15 bits per heavy atom. The highest BCUT2D eigenvalue weighted by Crippen LogP contribution is 2.07. The van der Waals surface area contributed by atoms with E-state index in [2.05, 4.69) is 4.74 Å². The van der Waals surface area contributed by atoms with Crippen molar-refractivity contribution in [3.63, 3.8) is 0 Å². The molecule has 0 fully saturated rings.